The average Bonchev–Trinajstić information content (AvgIpc) is 3.17. The van der Waals surface area contributed by atoms with Crippen LogP contribution >= 0.6 is 0 Å². The Hall–Kier alpha value is -2.57. The number of aryl methyl sites for hydroxylation is 1. The molecule has 1 aliphatic rings. The Morgan fingerprint density at radius 1 is 1.19 bits per heavy atom. The standard InChI is InChI=1S/C20H31N7/c1-3-19-25-23-16-27(19)15-12-22-20(21-4-2)24-17-10-13-26(14-11-17)18-8-6-5-7-9-18/h5-9,16-17H,3-4,10-15H2,1-2H3,(H2,21,22,24). The molecule has 1 fully saturated rings. The van der Waals surface area contributed by atoms with Gasteiger partial charge in [0.05, 0.1) is 6.54 Å². The van der Waals surface area contributed by atoms with Crippen LogP contribution < -0.4 is 15.5 Å². The van der Waals surface area contributed by atoms with E-state index >= 15 is 0 Å². The highest BCUT2D eigenvalue weighted by molar-refractivity contribution is 5.80. The van der Waals surface area contributed by atoms with E-state index in [-0.39, 0.29) is 0 Å². The molecule has 7 nitrogen and oxygen atoms in total. The number of aromatic nitrogens is 3. The van der Waals surface area contributed by atoms with Gasteiger partial charge in [-0.3, -0.25) is 4.99 Å². The number of para-hydroxylation sites is 1. The lowest BCUT2D eigenvalue weighted by atomic mass is 10.0. The SMILES string of the molecule is CCNC(=NCCn1cnnc1CC)NC1CCN(c2ccccc2)CC1. The molecule has 2 heterocycles. The van der Waals surface area contributed by atoms with Crippen molar-refractivity contribution in [3.8, 4) is 0 Å². The molecule has 7 heteroatoms. The molecule has 1 aromatic heterocycles. The minimum absolute atomic E-state index is 0.462. The Labute approximate surface area is 161 Å². The van der Waals surface area contributed by atoms with Gasteiger partial charge in [0.2, 0.25) is 0 Å². The van der Waals surface area contributed by atoms with E-state index in [1.807, 2.05) is 0 Å². The number of nitrogens with zero attached hydrogens (tertiary/aromatic N) is 5. The van der Waals surface area contributed by atoms with Crippen LogP contribution in [0, 0.1) is 0 Å². The lowest BCUT2D eigenvalue weighted by molar-refractivity contribution is 0.461. The van der Waals surface area contributed by atoms with Crippen molar-refractivity contribution in [2.24, 2.45) is 4.99 Å². The van der Waals surface area contributed by atoms with E-state index in [1.165, 1.54) is 5.69 Å². The molecule has 0 unspecified atom stereocenters. The average molecular weight is 370 g/mol. The molecule has 1 saturated heterocycles. The fourth-order valence-electron chi connectivity index (χ4n) is 3.44. The zero-order chi connectivity index (χ0) is 18.9. The van der Waals surface area contributed by atoms with Crippen molar-refractivity contribution in [3.05, 3.63) is 42.5 Å². The summed E-state index contributed by atoms with van der Waals surface area (Å²) in [7, 11) is 0. The Morgan fingerprint density at radius 2 is 1.96 bits per heavy atom. The third-order valence-corrected chi connectivity index (χ3v) is 4.92. The summed E-state index contributed by atoms with van der Waals surface area (Å²) in [6.45, 7) is 8.72. The van der Waals surface area contributed by atoms with Crippen molar-refractivity contribution in [1.29, 1.82) is 0 Å². The maximum atomic E-state index is 4.74. The second-order valence-corrected chi connectivity index (χ2v) is 6.80. The zero-order valence-corrected chi connectivity index (χ0v) is 16.4. The summed E-state index contributed by atoms with van der Waals surface area (Å²) in [4.78, 5) is 7.20. The maximum absolute atomic E-state index is 4.74. The first-order valence-corrected chi connectivity index (χ1v) is 10.0. The highest BCUT2D eigenvalue weighted by Gasteiger charge is 2.20. The summed E-state index contributed by atoms with van der Waals surface area (Å²) in [5.74, 6) is 1.92. The monoisotopic (exact) mass is 369 g/mol. The van der Waals surface area contributed by atoms with E-state index in [2.05, 4.69) is 74.5 Å². The molecule has 146 valence electrons. The Balaban J connectivity index is 1.49. The van der Waals surface area contributed by atoms with Crippen LogP contribution in [0.2, 0.25) is 0 Å². The third kappa shape index (κ3) is 5.45. The van der Waals surface area contributed by atoms with Gasteiger partial charge in [0.1, 0.15) is 12.2 Å². The molecule has 0 spiro atoms. The van der Waals surface area contributed by atoms with E-state index in [9.17, 15) is 0 Å². The molecule has 3 rings (SSSR count). The molecule has 2 aromatic rings. The van der Waals surface area contributed by atoms with Gasteiger partial charge in [0, 0.05) is 44.3 Å². The number of hydrogen-bond acceptors (Lipinski definition) is 4. The van der Waals surface area contributed by atoms with Crippen LogP contribution in [0.3, 0.4) is 0 Å². The van der Waals surface area contributed by atoms with Gasteiger partial charge in [0.15, 0.2) is 5.96 Å². The van der Waals surface area contributed by atoms with Crippen LogP contribution in [0.1, 0.15) is 32.5 Å². The van der Waals surface area contributed by atoms with Crippen LogP contribution in [0.5, 0.6) is 0 Å². The third-order valence-electron chi connectivity index (χ3n) is 4.92. The largest absolute Gasteiger partial charge is 0.371 e. The molecular formula is C20H31N7. The van der Waals surface area contributed by atoms with Gasteiger partial charge in [-0.25, -0.2) is 0 Å². The van der Waals surface area contributed by atoms with E-state index in [1.54, 1.807) is 6.33 Å². The minimum atomic E-state index is 0.462. The minimum Gasteiger partial charge on any atom is -0.371 e. The van der Waals surface area contributed by atoms with Gasteiger partial charge in [-0.05, 0) is 31.9 Å². The Kier molecular flexibility index (Phi) is 7.07. The number of piperidine rings is 1. The van der Waals surface area contributed by atoms with E-state index in [0.717, 1.165) is 57.2 Å². The van der Waals surface area contributed by atoms with Crippen LogP contribution in [-0.4, -0.2) is 52.9 Å². The highest BCUT2D eigenvalue weighted by Crippen LogP contribution is 2.19. The van der Waals surface area contributed by atoms with E-state index in [0.29, 0.717) is 12.6 Å². The molecule has 0 amide bonds. The second kappa shape index (κ2) is 9.94. The fourth-order valence-corrected chi connectivity index (χ4v) is 3.44. The smallest absolute Gasteiger partial charge is 0.191 e. The molecular weight excluding hydrogens is 338 g/mol. The summed E-state index contributed by atoms with van der Waals surface area (Å²) in [5.41, 5.74) is 1.32. The second-order valence-electron chi connectivity index (χ2n) is 6.80. The van der Waals surface area contributed by atoms with Gasteiger partial charge in [-0.1, -0.05) is 25.1 Å². The number of rotatable bonds is 7. The Morgan fingerprint density at radius 3 is 2.67 bits per heavy atom. The van der Waals surface area contributed by atoms with Crippen LogP contribution in [0.25, 0.3) is 0 Å². The molecule has 0 atom stereocenters. The lowest BCUT2D eigenvalue weighted by Gasteiger charge is -2.34. The topological polar surface area (TPSA) is 70.4 Å². The first-order valence-electron chi connectivity index (χ1n) is 10.0. The number of hydrogen-bond donors (Lipinski definition) is 2. The van der Waals surface area contributed by atoms with E-state index in [4.69, 9.17) is 4.99 Å². The van der Waals surface area contributed by atoms with Crippen molar-refractivity contribution in [2.75, 3.05) is 31.1 Å². The number of anilines is 1. The predicted molar refractivity (Wildman–Crippen MR) is 110 cm³/mol. The van der Waals surface area contributed by atoms with Crippen molar-refractivity contribution in [2.45, 2.75) is 45.7 Å². The lowest BCUT2D eigenvalue weighted by Crippen LogP contribution is -2.48. The highest BCUT2D eigenvalue weighted by atomic mass is 15.3. The normalized spacial score (nSPS) is 15.8. The quantitative estimate of drug-likeness (QED) is 0.577. The van der Waals surface area contributed by atoms with Gasteiger partial charge < -0.3 is 20.1 Å². The van der Waals surface area contributed by atoms with Gasteiger partial charge in [-0.15, -0.1) is 10.2 Å². The molecule has 0 saturated carbocycles. The molecule has 0 aliphatic carbocycles. The molecule has 0 bridgehead atoms. The molecule has 1 aliphatic heterocycles. The molecule has 2 N–H and O–H groups in total. The number of benzene rings is 1. The van der Waals surface area contributed by atoms with Gasteiger partial charge in [0.25, 0.3) is 0 Å². The van der Waals surface area contributed by atoms with E-state index < -0.39 is 0 Å². The summed E-state index contributed by atoms with van der Waals surface area (Å²) in [6.07, 6.45) is 4.91. The number of guanidine groups is 1. The van der Waals surface area contributed by atoms with Gasteiger partial charge in [-0.2, -0.15) is 0 Å². The maximum Gasteiger partial charge on any atom is 0.191 e. The predicted octanol–water partition coefficient (Wildman–Crippen LogP) is 2.06. The van der Waals surface area contributed by atoms with Crippen molar-refractivity contribution >= 4 is 11.6 Å². The van der Waals surface area contributed by atoms with Crippen LogP contribution in [-0.2, 0) is 13.0 Å². The summed E-state index contributed by atoms with van der Waals surface area (Å²) in [6, 6.07) is 11.1. The van der Waals surface area contributed by atoms with Crippen molar-refractivity contribution < 1.29 is 0 Å². The molecule has 0 radical (unpaired) electrons. The fraction of sp³-hybridized carbons (Fsp3) is 0.550. The summed E-state index contributed by atoms with van der Waals surface area (Å²) >= 11 is 0. The summed E-state index contributed by atoms with van der Waals surface area (Å²) < 4.78 is 2.07. The first kappa shape index (κ1) is 19.2. The first-order chi connectivity index (χ1) is 13.3. The molecule has 1 aromatic carbocycles. The van der Waals surface area contributed by atoms with Crippen LogP contribution in [0.4, 0.5) is 5.69 Å². The van der Waals surface area contributed by atoms with Gasteiger partial charge >= 0.3 is 0 Å². The summed E-state index contributed by atoms with van der Waals surface area (Å²) in [5, 5.41) is 15.1. The van der Waals surface area contributed by atoms with Crippen LogP contribution in [0.15, 0.2) is 41.7 Å². The molecule has 27 heavy (non-hydrogen) atoms. The Bertz CT molecular complexity index is 702. The van der Waals surface area contributed by atoms with Crippen molar-refractivity contribution in [1.82, 2.24) is 25.4 Å². The number of aliphatic imine (C=N–C) groups is 1. The number of nitrogens with one attached hydrogen (secondary N) is 2. The van der Waals surface area contributed by atoms with Crippen molar-refractivity contribution in [3.63, 3.8) is 0 Å². The zero-order valence-electron chi connectivity index (χ0n) is 16.4.